The van der Waals surface area contributed by atoms with E-state index in [1.807, 2.05) is 161 Å². The van der Waals surface area contributed by atoms with Gasteiger partial charge in [0.15, 0.2) is 0 Å². The monoisotopic (exact) mass is 728 g/mol. The third-order valence-electron chi connectivity index (χ3n) is 11.0. The van der Waals surface area contributed by atoms with E-state index in [4.69, 9.17) is 0 Å². The molecule has 7 aromatic rings. The molecule has 2 aliphatic rings. The maximum Gasteiger partial charge on any atom is 0.266 e. The van der Waals surface area contributed by atoms with Crippen LogP contribution >= 0.6 is 0 Å². The van der Waals surface area contributed by atoms with E-state index >= 15 is 0 Å². The van der Waals surface area contributed by atoms with Crippen LogP contribution < -0.4 is 9.80 Å². The Bertz CT molecular complexity index is 2610. The van der Waals surface area contributed by atoms with Gasteiger partial charge >= 0.3 is 0 Å². The molecule has 0 N–H and O–H groups in total. The van der Waals surface area contributed by atoms with Crippen molar-refractivity contribution in [3.63, 3.8) is 0 Å². The SMILES string of the molecule is Cc1ccc(-c2ccc3c(c2)C(=O)N(c2ccc(-c4ccc(-c5ccc(N6C(=O)c7ccc(-c8ccc(C)cc8)cc7C6=O)c(C)c5)cc4)cc2C)C3=O)cc1. The van der Waals surface area contributed by atoms with E-state index in [2.05, 4.69) is 0 Å². The van der Waals surface area contributed by atoms with Gasteiger partial charge in [-0.25, -0.2) is 9.80 Å². The molecule has 0 bridgehead atoms. The Labute approximate surface area is 325 Å². The molecule has 2 aliphatic heterocycles. The average molecular weight is 729 g/mol. The van der Waals surface area contributed by atoms with Gasteiger partial charge in [0.1, 0.15) is 0 Å². The second-order valence-corrected chi connectivity index (χ2v) is 14.7. The first-order valence-electron chi connectivity index (χ1n) is 18.6. The topological polar surface area (TPSA) is 74.8 Å². The highest BCUT2D eigenvalue weighted by Crippen LogP contribution is 2.38. The van der Waals surface area contributed by atoms with E-state index in [1.54, 1.807) is 12.1 Å². The Kier molecular flexibility index (Phi) is 8.20. The highest BCUT2D eigenvalue weighted by Gasteiger charge is 2.39. The maximum atomic E-state index is 13.7. The minimum absolute atomic E-state index is 0.322. The van der Waals surface area contributed by atoms with Crippen molar-refractivity contribution in [1.82, 2.24) is 0 Å². The van der Waals surface area contributed by atoms with E-state index in [0.29, 0.717) is 33.6 Å². The van der Waals surface area contributed by atoms with Gasteiger partial charge in [-0.05, 0) is 132 Å². The lowest BCUT2D eigenvalue weighted by Crippen LogP contribution is -2.30. The lowest BCUT2D eigenvalue weighted by atomic mass is 9.97. The van der Waals surface area contributed by atoms with Crippen molar-refractivity contribution in [3.05, 3.63) is 190 Å². The van der Waals surface area contributed by atoms with Gasteiger partial charge in [-0.3, -0.25) is 19.2 Å². The minimum atomic E-state index is -0.323. The zero-order chi connectivity index (χ0) is 38.8. The van der Waals surface area contributed by atoms with Gasteiger partial charge in [0.2, 0.25) is 0 Å². The summed E-state index contributed by atoms with van der Waals surface area (Å²) in [5.41, 5.74) is 14.3. The van der Waals surface area contributed by atoms with E-state index in [-0.39, 0.29) is 23.6 Å². The third kappa shape index (κ3) is 5.74. The number of carbonyl (C=O) groups excluding carboxylic acids is 4. The number of hydrogen-bond donors (Lipinski definition) is 0. The number of nitrogens with zero attached hydrogens (tertiary/aromatic N) is 2. The Morgan fingerprint density at radius 3 is 0.893 bits per heavy atom. The summed E-state index contributed by atoms with van der Waals surface area (Å²) >= 11 is 0. The van der Waals surface area contributed by atoms with Gasteiger partial charge in [-0.15, -0.1) is 0 Å². The van der Waals surface area contributed by atoms with Gasteiger partial charge in [-0.1, -0.05) is 108 Å². The van der Waals surface area contributed by atoms with Crippen LogP contribution in [0.4, 0.5) is 11.4 Å². The van der Waals surface area contributed by atoms with Crippen molar-refractivity contribution in [2.75, 3.05) is 9.80 Å². The number of benzene rings is 7. The average Bonchev–Trinajstić information content (AvgIpc) is 3.61. The van der Waals surface area contributed by atoms with Crippen molar-refractivity contribution in [2.45, 2.75) is 27.7 Å². The van der Waals surface area contributed by atoms with Crippen LogP contribution in [0.25, 0.3) is 44.5 Å². The lowest BCUT2D eigenvalue weighted by molar-refractivity contribution is 0.0910. The van der Waals surface area contributed by atoms with Gasteiger partial charge in [0.05, 0.1) is 33.6 Å². The third-order valence-corrected chi connectivity index (χ3v) is 11.0. The molecule has 0 saturated heterocycles. The fourth-order valence-corrected chi connectivity index (χ4v) is 7.80. The summed E-state index contributed by atoms with van der Waals surface area (Å²) in [6, 6.07) is 46.8. The maximum absolute atomic E-state index is 13.7. The number of imide groups is 2. The van der Waals surface area contributed by atoms with E-state index in [9.17, 15) is 19.2 Å². The highest BCUT2D eigenvalue weighted by atomic mass is 16.2. The van der Waals surface area contributed by atoms with Crippen LogP contribution in [0.1, 0.15) is 63.7 Å². The second kappa shape index (κ2) is 13.3. The zero-order valence-electron chi connectivity index (χ0n) is 31.4. The number of anilines is 2. The van der Waals surface area contributed by atoms with E-state index in [0.717, 1.165) is 66.8 Å². The number of amides is 4. The summed E-state index contributed by atoms with van der Waals surface area (Å²) in [7, 11) is 0. The van der Waals surface area contributed by atoms with Crippen LogP contribution in [-0.4, -0.2) is 23.6 Å². The van der Waals surface area contributed by atoms with Gasteiger partial charge < -0.3 is 0 Å². The van der Waals surface area contributed by atoms with Crippen LogP contribution in [0, 0.1) is 27.7 Å². The van der Waals surface area contributed by atoms with Crippen LogP contribution in [-0.2, 0) is 0 Å². The number of carbonyl (C=O) groups is 4. The zero-order valence-corrected chi connectivity index (χ0v) is 31.4. The van der Waals surface area contributed by atoms with Crippen LogP contribution in [0.3, 0.4) is 0 Å². The molecule has 0 saturated carbocycles. The minimum Gasteiger partial charge on any atom is -0.268 e. The van der Waals surface area contributed by atoms with Gasteiger partial charge in [0.25, 0.3) is 23.6 Å². The molecule has 0 aromatic heterocycles. The van der Waals surface area contributed by atoms with Crippen molar-refractivity contribution in [1.29, 1.82) is 0 Å². The van der Waals surface area contributed by atoms with Crippen LogP contribution in [0.5, 0.6) is 0 Å². The fraction of sp³-hybridized carbons (Fsp3) is 0.0800. The predicted molar refractivity (Wildman–Crippen MR) is 222 cm³/mol. The molecule has 56 heavy (non-hydrogen) atoms. The van der Waals surface area contributed by atoms with Crippen molar-refractivity contribution in [2.24, 2.45) is 0 Å². The van der Waals surface area contributed by atoms with E-state index < -0.39 is 0 Å². The fourth-order valence-electron chi connectivity index (χ4n) is 7.80. The Hall–Kier alpha value is -7.18. The largest absolute Gasteiger partial charge is 0.268 e. The lowest BCUT2D eigenvalue weighted by Gasteiger charge is -2.18. The number of hydrogen-bond acceptors (Lipinski definition) is 4. The highest BCUT2D eigenvalue weighted by molar-refractivity contribution is 6.35. The van der Waals surface area contributed by atoms with Crippen LogP contribution in [0.15, 0.2) is 146 Å². The van der Waals surface area contributed by atoms with Crippen molar-refractivity contribution in [3.8, 4) is 44.5 Å². The molecular weight excluding hydrogens is 693 g/mol. The molecule has 9 rings (SSSR count). The van der Waals surface area contributed by atoms with E-state index in [1.165, 1.54) is 9.80 Å². The molecule has 2 heterocycles. The molecule has 4 amide bonds. The Morgan fingerprint density at radius 1 is 0.286 bits per heavy atom. The molecule has 0 atom stereocenters. The number of fused-ring (bicyclic) bond motifs is 2. The Morgan fingerprint density at radius 2 is 0.554 bits per heavy atom. The quantitative estimate of drug-likeness (QED) is 0.160. The molecule has 0 unspecified atom stereocenters. The molecular formula is C50H36N2O4. The number of rotatable bonds is 6. The Balaban J connectivity index is 0.925. The number of aryl methyl sites for hydroxylation is 4. The summed E-state index contributed by atoms with van der Waals surface area (Å²) in [6.45, 7) is 7.89. The second-order valence-electron chi connectivity index (χ2n) is 14.7. The van der Waals surface area contributed by atoms with Crippen molar-refractivity contribution >= 4 is 35.0 Å². The predicted octanol–water partition coefficient (Wildman–Crippen LogP) is 11.2. The molecule has 0 fully saturated rings. The summed E-state index contributed by atoms with van der Waals surface area (Å²) in [5, 5.41) is 0. The molecule has 7 aromatic carbocycles. The van der Waals surface area contributed by atoms with Gasteiger partial charge in [-0.2, -0.15) is 0 Å². The molecule has 6 heteroatoms. The molecule has 270 valence electrons. The first kappa shape index (κ1) is 34.6. The van der Waals surface area contributed by atoms with Crippen molar-refractivity contribution < 1.29 is 19.2 Å². The smallest absolute Gasteiger partial charge is 0.266 e. The summed E-state index contributed by atoms with van der Waals surface area (Å²) < 4.78 is 0. The van der Waals surface area contributed by atoms with Gasteiger partial charge in [0, 0.05) is 0 Å². The first-order valence-corrected chi connectivity index (χ1v) is 18.6. The standard InChI is InChI=1S/C50H36N2O4/c1-29-5-9-33(10-6-29)39-17-21-41-43(27-39)49(55)51(47(41)53)45-23-19-37(25-31(45)3)35-13-15-36(16-14-35)38-20-24-46(32(4)26-38)52-48(54)42-22-18-40(28-44(42)50(52)56)34-11-7-30(2)8-12-34/h5-28H,1-4H3. The summed E-state index contributed by atoms with van der Waals surface area (Å²) in [6.07, 6.45) is 0. The normalized spacial score (nSPS) is 13.4. The molecule has 0 aliphatic carbocycles. The molecule has 6 nitrogen and oxygen atoms in total. The molecule has 0 spiro atoms. The van der Waals surface area contributed by atoms with Crippen LogP contribution in [0.2, 0.25) is 0 Å². The summed E-state index contributed by atoms with van der Waals surface area (Å²) in [4.78, 5) is 56.9. The first-order chi connectivity index (χ1) is 27.0. The molecule has 0 radical (unpaired) electrons. The summed E-state index contributed by atoms with van der Waals surface area (Å²) in [5.74, 6) is -1.29.